The largest absolute Gasteiger partial charge is 0.425 e. The van der Waals surface area contributed by atoms with Gasteiger partial charge in [-0.05, 0) is 60.6 Å². The lowest BCUT2D eigenvalue weighted by Crippen LogP contribution is -2.22. The van der Waals surface area contributed by atoms with Gasteiger partial charge in [-0.1, -0.05) is 48.8 Å². The van der Waals surface area contributed by atoms with Gasteiger partial charge in [0.05, 0.1) is 5.69 Å². The second kappa shape index (κ2) is 6.87. The zero-order chi connectivity index (χ0) is 19.4. The Labute approximate surface area is 174 Å². The molecule has 0 fully saturated rings. The lowest BCUT2D eigenvalue weighted by atomic mass is 9.75. The van der Waals surface area contributed by atoms with Crippen molar-refractivity contribution in [2.45, 2.75) is 25.2 Å². The van der Waals surface area contributed by atoms with E-state index in [-0.39, 0.29) is 0 Å². The molecule has 0 amide bonds. The molecule has 3 atom stereocenters. The van der Waals surface area contributed by atoms with Gasteiger partial charge in [-0.2, -0.15) is 0 Å². The van der Waals surface area contributed by atoms with Crippen LogP contribution in [0.25, 0.3) is 0 Å². The predicted octanol–water partition coefficient (Wildman–Crippen LogP) is 6.73. The second-order valence-corrected chi connectivity index (χ2v) is 10.1. The molecule has 3 aliphatic rings. The number of nitrogens with zero attached hydrogens (tertiary/aromatic N) is 1. The van der Waals surface area contributed by atoms with Crippen LogP contribution in [0, 0.1) is 5.92 Å². The molecule has 0 spiro atoms. The molecule has 3 aromatic carbocycles. The van der Waals surface area contributed by atoms with Gasteiger partial charge in [-0.25, -0.2) is 4.44 Å². The van der Waals surface area contributed by atoms with E-state index in [0.29, 0.717) is 11.8 Å². The monoisotopic (exact) mass is 417 g/mol. The maximum absolute atomic E-state index is 6.64. The summed E-state index contributed by atoms with van der Waals surface area (Å²) in [6.07, 6.45) is 7.65. The van der Waals surface area contributed by atoms with Crippen LogP contribution in [-0.4, -0.2) is 6.30 Å². The van der Waals surface area contributed by atoms with E-state index in [1.54, 1.807) is 0 Å². The fraction of sp³-hybridized carbons (Fsp3) is 0.208. The summed E-state index contributed by atoms with van der Waals surface area (Å²) in [5.74, 6) is 3.00. The third kappa shape index (κ3) is 2.72. The van der Waals surface area contributed by atoms with Crippen molar-refractivity contribution >= 4 is 28.9 Å². The van der Waals surface area contributed by atoms with Crippen LogP contribution in [0.1, 0.15) is 34.6 Å². The Morgan fingerprint density at radius 1 is 0.862 bits per heavy atom. The summed E-state index contributed by atoms with van der Waals surface area (Å²) in [6, 6.07) is 23.3. The normalized spacial score (nSPS) is 23.4. The molecule has 0 saturated carbocycles. The van der Waals surface area contributed by atoms with Gasteiger partial charge in [-0.3, -0.25) is 0 Å². The molecule has 2 unspecified atom stereocenters. The topological polar surface area (TPSA) is 21.7 Å². The Morgan fingerprint density at radius 2 is 1.55 bits per heavy atom. The van der Waals surface area contributed by atoms with Crippen molar-refractivity contribution in [2.75, 3.05) is 4.44 Å². The maximum Gasteiger partial charge on any atom is 0.425 e. The first-order chi connectivity index (χ1) is 14.3. The first-order valence-corrected chi connectivity index (χ1v) is 12.2. The van der Waals surface area contributed by atoms with E-state index < -0.39 is 8.53 Å². The number of aryl methyl sites for hydroxylation is 1. The van der Waals surface area contributed by atoms with Crippen LogP contribution in [0.5, 0.6) is 11.5 Å². The summed E-state index contributed by atoms with van der Waals surface area (Å²) in [7, 11) is -0.527. The van der Waals surface area contributed by atoms with Crippen molar-refractivity contribution in [2.24, 2.45) is 5.92 Å². The second-order valence-electron chi connectivity index (χ2n) is 7.83. The third-order valence-corrected chi connectivity index (χ3v) is 8.86. The average molecular weight is 417 g/mol. The van der Waals surface area contributed by atoms with E-state index in [1.807, 2.05) is 18.2 Å². The molecule has 3 nitrogen and oxygen atoms in total. The van der Waals surface area contributed by atoms with Gasteiger partial charge in [0.25, 0.3) is 0 Å². The molecule has 1 heterocycles. The Hall–Kier alpha value is -2.34. The van der Waals surface area contributed by atoms with Crippen molar-refractivity contribution in [3.05, 3.63) is 89.0 Å². The molecule has 0 aromatic heterocycles. The summed E-state index contributed by atoms with van der Waals surface area (Å²) >= 11 is 0. The van der Waals surface area contributed by atoms with Crippen LogP contribution < -0.4 is 13.5 Å². The molecule has 0 saturated heterocycles. The number of hydrogen-bond acceptors (Lipinski definition) is 3. The van der Waals surface area contributed by atoms with Gasteiger partial charge >= 0.3 is 8.53 Å². The highest BCUT2D eigenvalue weighted by molar-refractivity contribution is 7.63. The fourth-order valence-corrected chi connectivity index (χ4v) is 7.22. The van der Waals surface area contributed by atoms with E-state index in [1.165, 1.54) is 28.7 Å². The number of para-hydroxylation sites is 1. The van der Waals surface area contributed by atoms with Crippen LogP contribution in [0.2, 0.25) is 0 Å². The van der Waals surface area contributed by atoms with Crippen molar-refractivity contribution in [1.29, 1.82) is 0 Å². The lowest BCUT2D eigenvalue weighted by Gasteiger charge is -2.36. The highest BCUT2D eigenvalue weighted by Gasteiger charge is 2.43. The zero-order valence-corrected chi connectivity index (χ0v) is 17.8. The average Bonchev–Trinajstić information content (AvgIpc) is 3.13. The van der Waals surface area contributed by atoms with Gasteiger partial charge in [0, 0.05) is 25.4 Å². The van der Waals surface area contributed by atoms with Crippen molar-refractivity contribution in [3.8, 4) is 11.5 Å². The summed E-state index contributed by atoms with van der Waals surface area (Å²) in [5, 5.41) is 0. The molecule has 0 N–H and O–H groups in total. The number of rotatable bonds is 3. The summed E-state index contributed by atoms with van der Waals surface area (Å²) < 4.78 is 15.4. The molecular formula is C24H21NO2P2. The highest BCUT2D eigenvalue weighted by Crippen LogP contribution is 2.60. The molecule has 3 aromatic rings. The lowest BCUT2D eigenvalue weighted by molar-refractivity contribution is 0.407. The van der Waals surface area contributed by atoms with Crippen molar-refractivity contribution < 1.29 is 9.05 Å². The van der Waals surface area contributed by atoms with E-state index >= 15 is 0 Å². The summed E-state index contributed by atoms with van der Waals surface area (Å²) in [6.45, 7) is 0. The number of hydrogen-bond donors (Lipinski definition) is 0. The number of anilines is 1. The Morgan fingerprint density at radius 3 is 2.28 bits per heavy atom. The highest BCUT2D eigenvalue weighted by atomic mass is 31.2. The molecule has 1 aliphatic heterocycles. The molecule has 144 valence electrons. The Kier molecular flexibility index (Phi) is 4.15. The van der Waals surface area contributed by atoms with E-state index in [9.17, 15) is 0 Å². The first-order valence-electron chi connectivity index (χ1n) is 10.0. The van der Waals surface area contributed by atoms with Crippen LogP contribution in [0.15, 0.2) is 66.7 Å². The first kappa shape index (κ1) is 17.5. The number of benzene rings is 3. The molecule has 5 heteroatoms. The summed E-state index contributed by atoms with van der Waals surface area (Å²) in [4.78, 5) is 0. The van der Waals surface area contributed by atoms with Crippen LogP contribution in [0.3, 0.4) is 0 Å². The molecule has 0 radical (unpaired) electrons. The zero-order valence-electron chi connectivity index (χ0n) is 16.0. The van der Waals surface area contributed by atoms with Gasteiger partial charge < -0.3 is 9.05 Å². The van der Waals surface area contributed by atoms with E-state index in [2.05, 4.69) is 59.3 Å². The van der Waals surface area contributed by atoms with Gasteiger partial charge in [-0.15, -0.1) is 0 Å². The summed E-state index contributed by atoms with van der Waals surface area (Å²) in [5.41, 5.74) is 6.70. The van der Waals surface area contributed by atoms with Crippen LogP contribution in [0.4, 0.5) is 5.69 Å². The quantitative estimate of drug-likeness (QED) is 0.441. The Balaban J connectivity index is 1.55. The predicted molar refractivity (Wildman–Crippen MR) is 121 cm³/mol. The minimum absolute atomic E-state index is 0.390. The van der Waals surface area contributed by atoms with Crippen LogP contribution >= 0.6 is 16.9 Å². The molecule has 2 aliphatic carbocycles. The molecule has 6 rings (SSSR count). The van der Waals surface area contributed by atoms with Crippen molar-refractivity contribution in [1.82, 2.24) is 0 Å². The van der Waals surface area contributed by atoms with Crippen LogP contribution in [-0.2, 0) is 12.8 Å². The van der Waals surface area contributed by atoms with Gasteiger partial charge in [0.15, 0.2) is 0 Å². The van der Waals surface area contributed by atoms with E-state index in [4.69, 9.17) is 9.05 Å². The Bertz CT molecular complexity index is 1100. The van der Waals surface area contributed by atoms with Gasteiger partial charge in [0.1, 0.15) is 11.5 Å². The standard InChI is InChI=1S/C24H21NO2P2/c1-28-25(19-9-3-2-4-10-19)29-26-20-11-5-7-16-13-14-18-15-17-8-6-12-21(27-29)23(17)24(18)22(16)20/h2-12,18,24H,1,13-15H2/t18?,24-,29?/m1/s1. The fourth-order valence-electron chi connectivity index (χ4n) is 5.12. The SMILES string of the molecule is C=PN(c1ccccc1)P1Oc2cccc3c2[C@@H]2c4c(cccc4O1)CC2CC3. The minimum atomic E-state index is -1.38. The maximum atomic E-state index is 6.64. The third-order valence-electron chi connectivity index (χ3n) is 6.30. The molecule has 0 bridgehead atoms. The van der Waals surface area contributed by atoms with Crippen molar-refractivity contribution in [3.63, 3.8) is 0 Å². The minimum Gasteiger partial charge on any atom is -0.422 e. The molecule has 29 heavy (non-hydrogen) atoms. The molecular weight excluding hydrogens is 396 g/mol. The van der Waals surface area contributed by atoms with E-state index in [0.717, 1.165) is 38.4 Å². The van der Waals surface area contributed by atoms with Gasteiger partial charge in [0.2, 0.25) is 0 Å². The smallest absolute Gasteiger partial charge is 0.422 e.